The van der Waals surface area contributed by atoms with Gasteiger partial charge in [-0.05, 0) is 59.7 Å². The van der Waals surface area contributed by atoms with Crippen molar-refractivity contribution < 1.29 is 23.1 Å². The maximum atomic E-state index is 13.4. The minimum atomic E-state index is -4.33. The standard InChI is InChI=1S/C27H22Cl2N2O5S/c1-17(18-6-3-2-4-7-18)30-27(34)25-9-5-8-19-12-22(10-11-24(19)25)31(16-26(32)33)37(35,36)23-14-20(28)13-21(29)15-23/h2-15,17H,16H2,1H3,(H,30,34)(H,32,33). The Labute approximate surface area is 224 Å². The number of hydrogen-bond acceptors (Lipinski definition) is 4. The van der Waals surface area contributed by atoms with Gasteiger partial charge in [-0.1, -0.05) is 71.7 Å². The van der Waals surface area contributed by atoms with Crippen molar-refractivity contribution in [1.29, 1.82) is 0 Å². The van der Waals surface area contributed by atoms with Crippen LogP contribution in [-0.4, -0.2) is 31.9 Å². The highest BCUT2D eigenvalue weighted by Crippen LogP contribution is 2.31. The van der Waals surface area contributed by atoms with Gasteiger partial charge in [0.2, 0.25) is 0 Å². The van der Waals surface area contributed by atoms with E-state index in [0.717, 1.165) is 9.87 Å². The molecule has 0 radical (unpaired) electrons. The number of hydrogen-bond donors (Lipinski definition) is 2. The summed E-state index contributed by atoms with van der Waals surface area (Å²) in [5.41, 5.74) is 1.47. The predicted molar refractivity (Wildman–Crippen MR) is 145 cm³/mol. The van der Waals surface area contributed by atoms with Crippen LogP contribution in [0.5, 0.6) is 0 Å². The van der Waals surface area contributed by atoms with Crippen molar-refractivity contribution in [3.63, 3.8) is 0 Å². The summed E-state index contributed by atoms with van der Waals surface area (Å²) in [5.74, 6) is -1.64. The largest absolute Gasteiger partial charge is 0.480 e. The topological polar surface area (TPSA) is 104 Å². The first kappa shape index (κ1) is 26.5. The molecule has 0 heterocycles. The summed E-state index contributed by atoms with van der Waals surface area (Å²) < 4.78 is 27.6. The van der Waals surface area contributed by atoms with Gasteiger partial charge in [0.05, 0.1) is 16.6 Å². The number of benzene rings is 4. The van der Waals surface area contributed by atoms with E-state index in [4.69, 9.17) is 23.2 Å². The number of nitrogens with one attached hydrogen (secondary N) is 1. The number of anilines is 1. The number of carbonyl (C=O) groups excluding carboxylic acids is 1. The van der Waals surface area contributed by atoms with Crippen LogP contribution in [0.1, 0.15) is 28.9 Å². The third-order valence-corrected chi connectivity index (χ3v) is 7.93. The summed E-state index contributed by atoms with van der Waals surface area (Å²) >= 11 is 12.0. The lowest BCUT2D eigenvalue weighted by molar-refractivity contribution is -0.135. The molecule has 0 aliphatic rings. The number of sulfonamides is 1. The summed E-state index contributed by atoms with van der Waals surface area (Å²) in [4.78, 5) is 24.5. The van der Waals surface area contributed by atoms with Crippen molar-refractivity contribution in [2.24, 2.45) is 0 Å². The maximum Gasteiger partial charge on any atom is 0.324 e. The average Bonchev–Trinajstić information content (AvgIpc) is 2.86. The van der Waals surface area contributed by atoms with Gasteiger partial charge in [0.1, 0.15) is 6.54 Å². The van der Waals surface area contributed by atoms with Crippen LogP contribution in [0.4, 0.5) is 5.69 Å². The highest BCUT2D eigenvalue weighted by atomic mass is 35.5. The first-order valence-corrected chi connectivity index (χ1v) is 13.3. The molecule has 1 atom stereocenters. The SMILES string of the molecule is CC(NC(=O)c1cccc2cc(N(CC(=O)O)S(=O)(=O)c3cc(Cl)cc(Cl)c3)ccc12)c1ccccc1. The van der Waals surface area contributed by atoms with E-state index >= 15 is 0 Å². The van der Waals surface area contributed by atoms with Gasteiger partial charge in [-0.25, -0.2) is 8.42 Å². The lowest BCUT2D eigenvalue weighted by Gasteiger charge is -2.23. The van der Waals surface area contributed by atoms with Crippen molar-refractivity contribution >= 4 is 61.6 Å². The van der Waals surface area contributed by atoms with E-state index in [-0.39, 0.29) is 32.6 Å². The predicted octanol–water partition coefficient (Wildman–Crippen LogP) is 5.92. The van der Waals surface area contributed by atoms with Crippen molar-refractivity contribution in [1.82, 2.24) is 5.32 Å². The Morgan fingerprint density at radius 1 is 0.919 bits per heavy atom. The van der Waals surface area contributed by atoms with Crippen LogP contribution in [0, 0.1) is 0 Å². The first-order valence-electron chi connectivity index (χ1n) is 11.2. The molecule has 4 rings (SSSR count). The van der Waals surface area contributed by atoms with Crippen LogP contribution in [0.3, 0.4) is 0 Å². The van der Waals surface area contributed by atoms with Crippen LogP contribution in [0.25, 0.3) is 10.8 Å². The van der Waals surface area contributed by atoms with Crippen LogP contribution in [-0.2, 0) is 14.8 Å². The molecule has 4 aromatic rings. The number of fused-ring (bicyclic) bond motifs is 1. The second kappa shape index (κ2) is 10.8. The van der Waals surface area contributed by atoms with E-state index in [9.17, 15) is 23.1 Å². The fourth-order valence-electron chi connectivity index (χ4n) is 3.97. The Bertz CT molecular complexity index is 1570. The molecule has 4 aromatic carbocycles. The number of carbonyl (C=O) groups is 2. The number of amides is 1. The van der Waals surface area contributed by atoms with Gasteiger partial charge in [0.25, 0.3) is 15.9 Å². The van der Waals surface area contributed by atoms with E-state index in [1.807, 2.05) is 37.3 Å². The fraction of sp³-hybridized carbons (Fsp3) is 0.111. The average molecular weight is 557 g/mol. The molecular weight excluding hydrogens is 535 g/mol. The van der Waals surface area contributed by atoms with E-state index < -0.39 is 22.5 Å². The summed E-state index contributed by atoms with van der Waals surface area (Å²) in [7, 11) is -4.33. The summed E-state index contributed by atoms with van der Waals surface area (Å²) in [6.45, 7) is 1.06. The second-order valence-electron chi connectivity index (χ2n) is 8.33. The Morgan fingerprint density at radius 2 is 1.59 bits per heavy atom. The lowest BCUT2D eigenvalue weighted by atomic mass is 10.0. The molecule has 1 unspecified atom stereocenters. The molecule has 7 nitrogen and oxygen atoms in total. The number of halogens is 2. The quantitative estimate of drug-likeness (QED) is 0.280. The van der Waals surface area contributed by atoms with Gasteiger partial charge in [0, 0.05) is 15.6 Å². The molecule has 1 amide bonds. The smallest absolute Gasteiger partial charge is 0.324 e. The maximum absolute atomic E-state index is 13.4. The lowest BCUT2D eigenvalue weighted by Crippen LogP contribution is -2.35. The van der Waals surface area contributed by atoms with E-state index in [1.54, 1.807) is 24.3 Å². The van der Waals surface area contributed by atoms with E-state index in [0.29, 0.717) is 16.3 Å². The zero-order valence-corrected chi connectivity index (χ0v) is 21.9. The van der Waals surface area contributed by atoms with Crippen molar-refractivity contribution in [3.05, 3.63) is 106 Å². The summed E-state index contributed by atoms with van der Waals surface area (Å²) in [6.07, 6.45) is 0. The van der Waals surface area contributed by atoms with Crippen molar-refractivity contribution in [2.45, 2.75) is 17.9 Å². The zero-order valence-electron chi connectivity index (χ0n) is 19.6. The van der Waals surface area contributed by atoms with Gasteiger partial charge in [0.15, 0.2) is 0 Å². The van der Waals surface area contributed by atoms with E-state index in [2.05, 4.69) is 5.32 Å². The van der Waals surface area contributed by atoms with Crippen LogP contribution in [0.15, 0.2) is 89.8 Å². The van der Waals surface area contributed by atoms with Crippen LogP contribution >= 0.6 is 23.2 Å². The molecule has 0 aromatic heterocycles. The molecule has 0 fully saturated rings. The van der Waals surface area contributed by atoms with Gasteiger partial charge < -0.3 is 10.4 Å². The number of nitrogens with zero attached hydrogens (tertiary/aromatic N) is 1. The number of carboxylic acid groups (broad SMARTS) is 1. The Balaban J connectivity index is 1.72. The Morgan fingerprint density at radius 3 is 2.24 bits per heavy atom. The number of rotatable bonds is 8. The highest BCUT2D eigenvalue weighted by Gasteiger charge is 2.28. The first-order chi connectivity index (χ1) is 17.6. The Kier molecular flexibility index (Phi) is 7.73. The molecule has 0 spiro atoms. The third-order valence-electron chi connectivity index (χ3n) is 5.75. The fourth-order valence-corrected chi connectivity index (χ4v) is 6.10. The summed E-state index contributed by atoms with van der Waals surface area (Å²) in [6, 6.07) is 22.8. The molecule has 0 saturated heterocycles. The van der Waals surface area contributed by atoms with Crippen molar-refractivity contribution in [2.75, 3.05) is 10.8 Å². The number of carboxylic acids is 1. The highest BCUT2D eigenvalue weighted by molar-refractivity contribution is 7.92. The van der Waals surface area contributed by atoms with Gasteiger partial charge in [-0.2, -0.15) is 0 Å². The van der Waals surface area contributed by atoms with Gasteiger partial charge >= 0.3 is 5.97 Å². The molecule has 2 N–H and O–H groups in total. The molecule has 10 heteroatoms. The van der Waals surface area contributed by atoms with Gasteiger partial charge in [-0.15, -0.1) is 0 Å². The minimum absolute atomic E-state index is 0.0975. The molecule has 37 heavy (non-hydrogen) atoms. The van der Waals surface area contributed by atoms with Crippen LogP contribution in [0.2, 0.25) is 10.0 Å². The molecule has 0 aliphatic heterocycles. The second-order valence-corrected chi connectivity index (χ2v) is 11.1. The molecule has 0 aliphatic carbocycles. The molecule has 0 bridgehead atoms. The Hall–Kier alpha value is -3.59. The molecule has 190 valence electrons. The van der Waals surface area contributed by atoms with E-state index in [1.165, 1.54) is 30.3 Å². The molecule has 0 saturated carbocycles. The molecular formula is C27H22Cl2N2O5S. The summed E-state index contributed by atoms with van der Waals surface area (Å²) in [5, 5.41) is 13.8. The van der Waals surface area contributed by atoms with Crippen LogP contribution < -0.4 is 9.62 Å². The third kappa shape index (κ3) is 5.88. The number of aliphatic carboxylic acids is 1. The normalized spacial score (nSPS) is 12.2. The van der Waals surface area contributed by atoms with Crippen molar-refractivity contribution in [3.8, 4) is 0 Å². The zero-order chi connectivity index (χ0) is 26.7. The monoisotopic (exact) mass is 556 g/mol. The van der Waals surface area contributed by atoms with Gasteiger partial charge in [-0.3, -0.25) is 13.9 Å². The minimum Gasteiger partial charge on any atom is -0.480 e.